The number of pyridine rings is 1. The number of rotatable bonds is 3. The predicted molar refractivity (Wildman–Crippen MR) is 59.1 cm³/mol. The lowest BCUT2D eigenvalue weighted by atomic mass is 10.3. The van der Waals surface area contributed by atoms with E-state index < -0.39 is 0 Å². The van der Waals surface area contributed by atoms with E-state index in [-0.39, 0.29) is 0 Å². The van der Waals surface area contributed by atoms with Gasteiger partial charge in [0.15, 0.2) is 0 Å². The summed E-state index contributed by atoms with van der Waals surface area (Å²) in [5.41, 5.74) is 11.8. The highest BCUT2D eigenvalue weighted by molar-refractivity contribution is 5.62. The molecule has 0 aliphatic heterocycles. The molecule has 0 atom stereocenters. The molecule has 1 aromatic rings. The van der Waals surface area contributed by atoms with Crippen LogP contribution in [0.15, 0.2) is 12.1 Å². The predicted octanol–water partition coefficient (Wildman–Crippen LogP) is 1.23. The quantitative estimate of drug-likeness (QED) is 0.756. The van der Waals surface area contributed by atoms with Crippen molar-refractivity contribution < 1.29 is 0 Å². The minimum absolute atomic E-state index is 0.432. The van der Waals surface area contributed by atoms with E-state index in [0.717, 1.165) is 12.4 Å². The fourth-order valence-corrected chi connectivity index (χ4v) is 1.63. The molecular formula is C10H16N4. The van der Waals surface area contributed by atoms with E-state index in [0.29, 0.717) is 17.5 Å². The molecule has 0 aromatic carbocycles. The lowest BCUT2D eigenvalue weighted by molar-refractivity contribution is 0.810. The van der Waals surface area contributed by atoms with Crippen LogP contribution in [0.2, 0.25) is 0 Å². The van der Waals surface area contributed by atoms with Crippen molar-refractivity contribution in [2.24, 2.45) is 0 Å². The van der Waals surface area contributed by atoms with Crippen LogP contribution in [0.1, 0.15) is 19.8 Å². The lowest BCUT2D eigenvalue weighted by Crippen LogP contribution is -2.26. The molecule has 0 saturated heterocycles. The maximum atomic E-state index is 5.67. The summed E-state index contributed by atoms with van der Waals surface area (Å²) in [5.74, 6) is 1.38. The summed E-state index contributed by atoms with van der Waals surface area (Å²) in [6.45, 7) is 3.10. The summed E-state index contributed by atoms with van der Waals surface area (Å²) < 4.78 is 0. The van der Waals surface area contributed by atoms with Gasteiger partial charge in [0.2, 0.25) is 0 Å². The molecule has 1 fully saturated rings. The van der Waals surface area contributed by atoms with Gasteiger partial charge >= 0.3 is 0 Å². The van der Waals surface area contributed by atoms with Crippen molar-refractivity contribution in [3.05, 3.63) is 12.1 Å². The van der Waals surface area contributed by atoms with Gasteiger partial charge in [-0.1, -0.05) is 0 Å². The highest BCUT2D eigenvalue weighted by Gasteiger charge is 2.28. The van der Waals surface area contributed by atoms with Gasteiger partial charge < -0.3 is 16.4 Å². The van der Waals surface area contributed by atoms with Crippen LogP contribution in [-0.2, 0) is 0 Å². The van der Waals surface area contributed by atoms with E-state index in [1.165, 1.54) is 12.8 Å². The van der Waals surface area contributed by atoms with Crippen molar-refractivity contribution in [2.45, 2.75) is 25.8 Å². The van der Waals surface area contributed by atoms with Crippen LogP contribution in [0.3, 0.4) is 0 Å². The molecule has 0 amide bonds. The number of anilines is 3. The van der Waals surface area contributed by atoms with Crippen molar-refractivity contribution >= 4 is 17.3 Å². The maximum Gasteiger partial charge on any atom is 0.149 e. The Morgan fingerprint density at radius 1 is 1.43 bits per heavy atom. The Kier molecular flexibility index (Phi) is 2.19. The Morgan fingerprint density at radius 3 is 2.64 bits per heavy atom. The van der Waals surface area contributed by atoms with E-state index >= 15 is 0 Å². The lowest BCUT2D eigenvalue weighted by Gasteiger charge is -2.21. The zero-order valence-corrected chi connectivity index (χ0v) is 8.40. The molecule has 1 heterocycles. The van der Waals surface area contributed by atoms with Crippen molar-refractivity contribution in [3.63, 3.8) is 0 Å². The highest BCUT2D eigenvalue weighted by Crippen LogP contribution is 2.31. The number of hydrogen-bond acceptors (Lipinski definition) is 4. The third-order valence-corrected chi connectivity index (χ3v) is 2.57. The SMILES string of the molecule is CCN(c1ccc(N)c(N)n1)C1CC1. The molecule has 0 spiro atoms. The molecule has 4 nitrogen and oxygen atoms in total. The van der Waals surface area contributed by atoms with E-state index in [4.69, 9.17) is 11.5 Å². The number of nitrogens with zero attached hydrogens (tertiary/aromatic N) is 2. The van der Waals surface area contributed by atoms with Crippen molar-refractivity contribution in [2.75, 3.05) is 22.9 Å². The molecular weight excluding hydrogens is 176 g/mol. The second kappa shape index (κ2) is 3.36. The summed E-state index contributed by atoms with van der Waals surface area (Å²) in [5, 5.41) is 0. The van der Waals surface area contributed by atoms with Crippen molar-refractivity contribution in [3.8, 4) is 0 Å². The Bertz CT molecular complexity index is 333. The smallest absolute Gasteiger partial charge is 0.149 e. The second-order valence-electron chi connectivity index (χ2n) is 3.66. The van der Waals surface area contributed by atoms with Gasteiger partial charge in [-0.15, -0.1) is 0 Å². The van der Waals surface area contributed by atoms with Gasteiger partial charge in [-0.05, 0) is 31.9 Å². The average molecular weight is 192 g/mol. The van der Waals surface area contributed by atoms with E-state index in [1.54, 1.807) is 0 Å². The molecule has 0 radical (unpaired) electrons. The number of nitrogens with two attached hydrogens (primary N) is 2. The van der Waals surface area contributed by atoms with E-state index in [1.807, 2.05) is 12.1 Å². The molecule has 4 heteroatoms. The van der Waals surface area contributed by atoms with Gasteiger partial charge in [-0.25, -0.2) is 4.98 Å². The summed E-state index contributed by atoms with van der Waals surface area (Å²) in [6.07, 6.45) is 2.53. The Morgan fingerprint density at radius 2 is 2.14 bits per heavy atom. The molecule has 0 unspecified atom stereocenters. The van der Waals surface area contributed by atoms with Gasteiger partial charge in [0.1, 0.15) is 11.6 Å². The van der Waals surface area contributed by atoms with Crippen LogP contribution in [0.25, 0.3) is 0 Å². The first-order valence-corrected chi connectivity index (χ1v) is 5.01. The van der Waals surface area contributed by atoms with Gasteiger partial charge in [0.05, 0.1) is 5.69 Å². The molecule has 14 heavy (non-hydrogen) atoms. The van der Waals surface area contributed by atoms with Crippen LogP contribution in [0.5, 0.6) is 0 Å². The fourth-order valence-electron chi connectivity index (χ4n) is 1.63. The first-order valence-electron chi connectivity index (χ1n) is 5.01. The van der Waals surface area contributed by atoms with Crippen molar-refractivity contribution in [1.82, 2.24) is 4.98 Å². The second-order valence-corrected chi connectivity index (χ2v) is 3.66. The van der Waals surface area contributed by atoms with Crippen LogP contribution >= 0.6 is 0 Å². The fraction of sp³-hybridized carbons (Fsp3) is 0.500. The number of hydrogen-bond donors (Lipinski definition) is 2. The standard InChI is InChI=1S/C10H16N4/c1-2-14(7-3-4-7)9-6-5-8(11)10(12)13-9/h5-7H,2-4,11H2,1H3,(H2,12,13). The zero-order valence-electron chi connectivity index (χ0n) is 8.40. The van der Waals surface area contributed by atoms with Gasteiger partial charge in [-0.2, -0.15) is 0 Å². The molecule has 4 N–H and O–H groups in total. The molecule has 76 valence electrons. The number of nitrogen functional groups attached to an aromatic ring is 2. The summed E-state index contributed by atoms with van der Waals surface area (Å²) >= 11 is 0. The van der Waals surface area contributed by atoms with Gasteiger partial charge in [0.25, 0.3) is 0 Å². The summed E-state index contributed by atoms with van der Waals surface area (Å²) in [4.78, 5) is 6.56. The third kappa shape index (κ3) is 1.60. The monoisotopic (exact) mass is 192 g/mol. The molecule has 2 rings (SSSR count). The van der Waals surface area contributed by atoms with Crippen LogP contribution in [0.4, 0.5) is 17.3 Å². The minimum atomic E-state index is 0.432. The normalized spacial score (nSPS) is 15.5. The maximum absolute atomic E-state index is 5.67. The summed E-state index contributed by atoms with van der Waals surface area (Å²) in [6, 6.07) is 4.42. The Hall–Kier alpha value is -1.45. The highest BCUT2D eigenvalue weighted by atomic mass is 15.2. The van der Waals surface area contributed by atoms with Crippen molar-refractivity contribution in [1.29, 1.82) is 0 Å². The Labute approximate surface area is 83.9 Å². The zero-order chi connectivity index (χ0) is 10.1. The molecule has 1 aromatic heterocycles. The number of aromatic nitrogens is 1. The van der Waals surface area contributed by atoms with Crippen LogP contribution < -0.4 is 16.4 Å². The molecule has 1 saturated carbocycles. The average Bonchev–Trinajstić information content (AvgIpc) is 2.96. The topological polar surface area (TPSA) is 68.2 Å². The van der Waals surface area contributed by atoms with E-state index in [9.17, 15) is 0 Å². The first-order chi connectivity index (χ1) is 6.72. The summed E-state index contributed by atoms with van der Waals surface area (Å²) in [7, 11) is 0. The Balaban J connectivity index is 2.25. The molecule has 1 aliphatic carbocycles. The third-order valence-electron chi connectivity index (χ3n) is 2.57. The molecule has 0 bridgehead atoms. The van der Waals surface area contributed by atoms with Crippen LogP contribution in [0, 0.1) is 0 Å². The largest absolute Gasteiger partial charge is 0.396 e. The minimum Gasteiger partial charge on any atom is -0.396 e. The van der Waals surface area contributed by atoms with E-state index in [2.05, 4.69) is 16.8 Å². The first kappa shape index (κ1) is 9.12. The van der Waals surface area contributed by atoms with Gasteiger partial charge in [0, 0.05) is 12.6 Å². The van der Waals surface area contributed by atoms with Gasteiger partial charge in [-0.3, -0.25) is 0 Å². The van der Waals surface area contributed by atoms with Crippen LogP contribution in [-0.4, -0.2) is 17.6 Å². The molecule has 1 aliphatic rings.